The van der Waals surface area contributed by atoms with E-state index in [1.54, 1.807) is 30.3 Å². The van der Waals surface area contributed by atoms with Crippen molar-refractivity contribution >= 4 is 47.2 Å². The number of carbonyl (C=O) groups excluding carboxylic acids is 1. The Labute approximate surface area is 200 Å². The Morgan fingerprint density at radius 3 is 2.77 bits per heavy atom. The van der Waals surface area contributed by atoms with Crippen LogP contribution in [0.4, 0.5) is 0 Å². The van der Waals surface area contributed by atoms with E-state index < -0.39 is 0 Å². The highest BCUT2D eigenvalue weighted by Gasteiger charge is 2.24. The minimum Gasteiger partial charge on any atom is -0.379 e. The molecule has 3 heterocycles. The highest BCUT2D eigenvalue weighted by molar-refractivity contribution is 14.0. The molecule has 0 aliphatic carbocycles. The summed E-state index contributed by atoms with van der Waals surface area (Å²) in [4.78, 5) is 21.8. The zero-order valence-electron chi connectivity index (χ0n) is 17.8. The smallest absolute Gasteiger partial charge is 0.243 e. The van der Waals surface area contributed by atoms with Gasteiger partial charge in [0.05, 0.1) is 25.4 Å². The monoisotopic (exact) mass is 551 g/mol. The summed E-state index contributed by atoms with van der Waals surface area (Å²) in [7, 11) is 3.49. The van der Waals surface area contributed by atoms with Gasteiger partial charge in [0.25, 0.3) is 0 Å². The van der Waals surface area contributed by atoms with Gasteiger partial charge in [-0.2, -0.15) is 0 Å². The first-order chi connectivity index (χ1) is 14.1. The predicted molar refractivity (Wildman–Crippen MR) is 131 cm³/mol. The van der Waals surface area contributed by atoms with Crippen LogP contribution in [0.1, 0.15) is 23.8 Å². The van der Waals surface area contributed by atoms with E-state index in [0.29, 0.717) is 19.0 Å². The van der Waals surface area contributed by atoms with Gasteiger partial charge in [0.2, 0.25) is 5.91 Å². The summed E-state index contributed by atoms with van der Waals surface area (Å²) in [5.74, 6) is 0.636. The Balaban J connectivity index is 0.00000320. The zero-order chi connectivity index (χ0) is 20.5. The number of hydrogen-bond acceptors (Lipinski definition) is 6. The van der Waals surface area contributed by atoms with Crippen LogP contribution in [0.15, 0.2) is 22.5 Å². The maximum Gasteiger partial charge on any atom is 0.243 e. The van der Waals surface area contributed by atoms with Gasteiger partial charge in [0.1, 0.15) is 6.54 Å². The number of ether oxygens (including phenoxy) is 2. The molecule has 0 bridgehead atoms. The normalized spacial score (nSPS) is 21.0. The van der Waals surface area contributed by atoms with E-state index in [2.05, 4.69) is 38.0 Å². The summed E-state index contributed by atoms with van der Waals surface area (Å²) in [6.07, 6.45) is 2.37. The fraction of sp³-hybridized carbons (Fsp3) is 0.700. The van der Waals surface area contributed by atoms with Crippen LogP contribution in [0.5, 0.6) is 0 Å². The number of morpholine rings is 1. The van der Waals surface area contributed by atoms with E-state index in [-0.39, 0.29) is 48.6 Å². The molecule has 170 valence electrons. The van der Waals surface area contributed by atoms with Gasteiger partial charge in [-0.15, -0.1) is 35.3 Å². The molecule has 2 aliphatic heterocycles. The maximum atomic E-state index is 12.0. The van der Waals surface area contributed by atoms with Crippen molar-refractivity contribution in [3.63, 3.8) is 0 Å². The van der Waals surface area contributed by atoms with E-state index >= 15 is 0 Å². The number of aliphatic imine (C=N–C) groups is 1. The first kappa shape index (κ1) is 25.3. The van der Waals surface area contributed by atoms with Crippen molar-refractivity contribution in [2.45, 2.75) is 25.0 Å². The van der Waals surface area contributed by atoms with Gasteiger partial charge in [-0.3, -0.25) is 9.69 Å². The lowest BCUT2D eigenvalue weighted by Crippen LogP contribution is -2.47. The Morgan fingerprint density at radius 2 is 2.13 bits per heavy atom. The number of carbonyl (C=O) groups is 1. The molecule has 8 nitrogen and oxygen atoms in total. The fourth-order valence-corrected chi connectivity index (χ4v) is 4.31. The zero-order valence-corrected chi connectivity index (χ0v) is 21.0. The molecule has 2 aliphatic rings. The lowest BCUT2D eigenvalue weighted by Gasteiger charge is -2.34. The molecular weight excluding hydrogens is 517 g/mol. The summed E-state index contributed by atoms with van der Waals surface area (Å²) in [6, 6.07) is 4.52. The summed E-state index contributed by atoms with van der Waals surface area (Å²) < 4.78 is 11.2. The van der Waals surface area contributed by atoms with Crippen LogP contribution >= 0.6 is 35.3 Å². The standard InChI is InChI=1S/C20H33N5O3S.HI/c1-24(2)19(26)15-23-20(21-13-16-5-3-9-28-16)22-14-17(18-6-4-12-29-18)25-7-10-27-11-8-25;/h4,6,12,16-17H,3,5,7-11,13-15H2,1-2H3,(H2,21,22,23);1H. The molecule has 2 fully saturated rings. The molecule has 1 amide bonds. The number of thiophene rings is 1. The third-order valence-electron chi connectivity index (χ3n) is 5.21. The largest absolute Gasteiger partial charge is 0.379 e. The van der Waals surface area contributed by atoms with Crippen LogP contribution in [-0.2, 0) is 14.3 Å². The van der Waals surface area contributed by atoms with Crippen LogP contribution in [0.25, 0.3) is 0 Å². The second kappa shape index (κ2) is 13.5. The van der Waals surface area contributed by atoms with Crippen molar-refractivity contribution in [3.05, 3.63) is 22.4 Å². The number of amides is 1. The van der Waals surface area contributed by atoms with Crippen LogP contribution in [0, 0.1) is 0 Å². The number of nitrogens with zero attached hydrogens (tertiary/aromatic N) is 3. The molecule has 0 spiro atoms. The van der Waals surface area contributed by atoms with E-state index in [9.17, 15) is 4.79 Å². The quantitative estimate of drug-likeness (QED) is 0.290. The van der Waals surface area contributed by atoms with Crippen molar-refractivity contribution < 1.29 is 14.3 Å². The van der Waals surface area contributed by atoms with Crippen LogP contribution in [0.3, 0.4) is 0 Å². The minimum absolute atomic E-state index is 0. The Bertz CT molecular complexity index is 647. The second-order valence-electron chi connectivity index (χ2n) is 7.53. The van der Waals surface area contributed by atoms with Crippen LogP contribution in [-0.4, -0.2) is 94.4 Å². The third-order valence-corrected chi connectivity index (χ3v) is 6.19. The number of guanidine groups is 1. The lowest BCUT2D eigenvalue weighted by molar-refractivity contribution is -0.127. The molecule has 0 aromatic carbocycles. The van der Waals surface area contributed by atoms with Crippen molar-refractivity contribution in [2.75, 3.05) is 66.6 Å². The summed E-state index contributed by atoms with van der Waals surface area (Å²) in [5, 5.41) is 8.94. The van der Waals surface area contributed by atoms with Crippen LogP contribution in [0.2, 0.25) is 0 Å². The SMILES string of the molecule is CN(C)C(=O)CN=C(NCC1CCCO1)NCC(c1cccs1)N1CCOCC1.I. The average molecular weight is 551 g/mol. The average Bonchev–Trinajstić information content (AvgIpc) is 3.44. The van der Waals surface area contributed by atoms with E-state index in [1.807, 2.05) is 0 Å². The number of nitrogens with one attached hydrogen (secondary N) is 2. The Morgan fingerprint density at radius 1 is 1.33 bits per heavy atom. The van der Waals surface area contributed by atoms with Gasteiger partial charge in [-0.05, 0) is 24.3 Å². The minimum atomic E-state index is -0.0220. The van der Waals surface area contributed by atoms with Crippen molar-refractivity contribution in [2.24, 2.45) is 4.99 Å². The molecule has 2 saturated heterocycles. The van der Waals surface area contributed by atoms with E-state index in [4.69, 9.17) is 9.47 Å². The molecule has 0 radical (unpaired) electrons. The van der Waals surface area contributed by atoms with Gasteiger partial charge < -0.3 is 25.0 Å². The van der Waals surface area contributed by atoms with Gasteiger partial charge in [0, 0.05) is 51.8 Å². The van der Waals surface area contributed by atoms with Crippen molar-refractivity contribution in [3.8, 4) is 0 Å². The molecule has 1 aromatic heterocycles. The molecule has 1 aromatic rings. The second-order valence-corrected chi connectivity index (χ2v) is 8.51. The fourth-order valence-electron chi connectivity index (χ4n) is 3.45. The molecular formula is C20H34IN5O3S. The predicted octanol–water partition coefficient (Wildman–Crippen LogP) is 1.54. The van der Waals surface area contributed by atoms with Crippen LogP contribution < -0.4 is 10.6 Å². The first-order valence-corrected chi connectivity index (χ1v) is 11.2. The first-order valence-electron chi connectivity index (χ1n) is 10.3. The van der Waals surface area contributed by atoms with Gasteiger partial charge in [-0.1, -0.05) is 6.07 Å². The number of hydrogen-bond donors (Lipinski definition) is 2. The van der Waals surface area contributed by atoms with E-state index in [1.165, 1.54) is 4.88 Å². The Hall–Kier alpha value is -0.950. The number of likely N-dealkylation sites (N-methyl/N-ethyl adjacent to an activating group) is 1. The lowest BCUT2D eigenvalue weighted by atomic mass is 10.2. The molecule has 30 heavy (non-hydrogen) atoms. The molecule has 2 N–H and O–H groups in total. The molecule has 3 rings (SSSR count). The summed E-state index contributed by atoms with van der Waals surface area (Å²) in [5.41, 5.74) is 0. The summed E-state index contributed by atoms with van der Waals surface area (Å²) >= 11 is 1.77. The third kappa shape index (κ3) is 7.95. The molecule has 2 atom stereocenters. The highest BCUT2D eigenvalue weighted by Crippen LogP contribution is 2.25. The summed E-state index contributed by atoms with van der Waals surface area (Å²) in [6.45, 7) is 5.71. The highest BCUT2D eigenvalue weighted by atomic mass is 127. The van der Waals surface area contributed by atoms with E-state index in [0.717, 1.165) is 45.8 Å². The molecule has 0 saturated carbocycles. The van der Waals surface area contributed by atoms with Crippen molar-refractivity contribution in [1.29, 1.82) is 0 Å². The van der Waals surface area contributed by atoms with Crippen molar-refractivity contribution in [1.82, 2.24) is 20.4 Å². The number of rotatable bonds is 8. The molecule has 2 unspecified atom stereocenters. The molecule has 10 heteroatoms. The van der Waals surface area contributed by atoms with Gasteiger partial charge in [-0.25, -0.2) is 4.99 Å². The van der Waals surface area contributed by atoms with Gasteiger partial charge in [0.15, 0.2) is 5.96 Å². The number of halogens is 1. The van der Waals surface area contributed by atoms with Gasteiger partial charge >= 0.3 is 0 Å². The maximum absolute atomic E-state index is 12.0. The Kier molecular flexibility index (Phi) is 11.4. The topological polar surface area (TPSA) is 78.4 Å².